The van der Waals surface area contributed by atoms with Crippen molar-refractivity contribution in [3.63, 3.8) is 0 Å². The number of methoxy groups -OCH3 is 1. The van der Waals surface area contributed by atoms with E-state index in [2.05, 4.69) is 21.9 Å². The number of guanidine groups is 1. The van der Waals surface area contributed by atoms with Crippen LogP contribution < -0.4 is 10.6 Å². The van der Waals surface area contributed by atoms with E-state index in [4.69, 9.17) is 4.74 Å². The zero-order valence-corrected chi connectivity index (χ0v) is 13.6. The number of rotatable bonds is 8. The summed E-state index contributed by atoms with van der Waals surface area (Å²) in [5.74, 6) is 2.07. The second-order valence-corrected chi connectivity index (χ2v) is 4.10. The van der Waals surface area contributed by atoms with E-state index in [1.807, 2.05) is 11.8 Å². The molecule has 4 nitrogen and oxygen atoms in total. The van der Waals surface area contributed by atoms with Crippen LogP contribution in [-0.2, 0) is 4.74 Å². The van der Waals surface area contributed by atoms with Crippen LogP contribution in [0.1, 0.15) is 12.8 Å². The summed E-state index contributed by atoms with van der Waals surface area (Å²) in [7, 11) is 3.51. The molecule has 0 radical (unpaired) electrons. The lowest BCUT2D eigenvalue weighted by molar-refractivity contribution is 0.195. The van der Waals surface area contributed by atoms with Crippen molar-refractivity contribution in [2.75, 3.05) is 45.9 Å². The van der Waals surface area contributed by atoms with Crippen molar-refractivity contribution in [2.45, 2.75) is 12.8 Å². The minimum Gasteiger partial charge on any atom is -0.385 e. The number of nitrogens with zero attached hydrogens (tertiary/aromatic N) is 1. The molecule has 2 N–H and O–H groups in total. The van der Waals surface area contributed by atoms with E-state index >= 15 is 0 Å². The van der Waals surface area contributed by atoms with Gasteiger partial charge >= 0.3 is 0 Å². The number of thioether (sulfide) groups is 1. The van der Waals surface area contributed by atoms with Crippen molar-refractivity contribution >= 4 is 41.7 Å². The molecule has 0 fully saturated rings. The van der Waals surface area contributed by atoms with E-state index in [0.29, 0.717) is 0 Å². The van der Waals surface area contributed by atoms with Crippen LogP contribution in [0.15, 0.2) is 4.99 Å². The van der Waals surface area contributed by atoms with Gasteiger partial charge in [-0.1, -0.05) is 0 Å². The summed E-state index contributed by atoms with van der Waals surface area (Å²) < 4.78 is 4.97. The molecule has 0 amide bonds. The monoisotopic (exact) mass is 361 g/mol. The molecule has 0 spiro atoms. The minimum absolute atomic E-state index is 0. The molecule has 0 saturated carbocycles. The van der Waals surface area contributed by atoms with Crippen LogP contribution in [0.5, 0.6) is 0 Å². The Labute approximate surface area is 120 Å². The van der Waals surface area contributed by atoms with Crippen molar-refractivity contribution in [3.8, 4) is 0 Å². The van der Waals surface area contributed by atoms with Crippen molar-refractivity contribution in [1.82, 2.24) is 10.6 Å². The van der Waals surface area contributed by atoms with Crippen molar-refractivity contribution in [1.29, 1.82) is 0 Å². The second-order valence-electron chi connectivity index (χ2n) is 3.12. The second kappa shape index (κ2) is 15.3. The molecule has 0 atom stereocenters. The van der Waals surface area contributed by atoms with Gasteiger partial charge in [-0.25, -0.2) is 0 Å². The lowest BCUT2D eigenvalue weighted by Crippen LogP contribution is -2.38. The van der Waals surface area contributed by atoms with Crippen LogP contribution in [0.2, 0.25) is 0 Å². The van der Waals surface area contributed by atoms with Crippen molar-refractivity contribution in [3.05, 3.63) is 0 Å². The van der Waals surface area contributed by atoms with Crippen LogP contribution in [0.3, 0.4) is 0 Å². The number of aliphatic imine (C=N–C) groups is 1. The zero-order valence-electron chi connectivity index (χ0n) is 10.4. The highest BCUT2D eigenvalue weighted by atomic mass is 127. The molecule has 0 aromatic rings. The maximum Gasteiger partial charge on any atom is 0.190 e. The Hall–Kier alpha value is 0.310. The number of hydrogen-bond acceptors (Lipinski definition) is 3. The molecular weight excluding hydrogens is 337 g/mol. The molecule has 0 aliphatic rings. The molecule has 0 rings (SSSR count). The van der Waals surface area contributed by atoms with Gasteiger partial charge in [-0.3, -0.25) is 4.99 Å². The fourth-order valence-electron chi connectivity index (χ4n) is 1.07. The molecule has 0 bridgehead atoms. The summed E-state index contributed by atoms with van der Waals surface area (Å²) in [4.78, 5) is 4.13. The third kappa shape index (κ3) is 12.4. The molecule has 0 unspecified atom stereocenters. The molecule has 16 heavy (non-hydrogen) atoms. The fourth-order valence-corrected chi connectivity index (χ4v) is 1.50. The molecule has 0 aliphatic heterocycles. The van der Waals surface area contributed by atoms with E-state index < -0.39 is 0 Å². The van der Waals surface area contributed by atoms with E-state index in [-0.39, 0.29) is 24.0 Å². The van der Waals surface area contributed by atoms with Gasteiger partial charge in [-0.15, -0.1) is 24.0 Å². The molecule has 0 aromatic heterocycles. The average molecular weight is 361 g/mol. The Bertz CT molecular complexity index is 156. The number of nitrogens with one attached hydrogen (secondary N) is 2. The minimum atomic E-state index is 0. The first-order valence-electron chi connectivity index (χ1n) is 5.27. The summed E-state index contributed by atoms with van der Waals surface area (Å²) in [6, 6.07) is 0. The Morgan fingerprint density at radius 3 is 2.38 bits per heavy atom. The fraction of sp³-hybridized carbons (Fsp3) is 0.900. The van der Waals surface area contributed by atoms with E-state index in [0.717, 1.165) is 32.1 Å². The Kier molecular flexibility index (Phi) is 17.9. The summed E-state index contributed by atoms with van der Waals surface area (Å²) in [5, 5.41) is 6.50. The van der Waals surface area contributed by atoms with Gasteiger partial charge in [-0.05, 0) is 24.9 Å². The van der Waals surface area contributed by atoms with E-state index in [9.17, 15) is 0 Å². The lowest BCUT2D eigenvalue weighted by Gasteiger charge is -2.11. The highest BCUT2D eigenvalue weighted by Crippen LogP contribution is 1.92. The van der Waals surface area contributed by atoms with Crippen molar-refractivity contribution in [2.24, 2.45) is 4.99 Å². The predicted molar refractivity (Wildman–Crippen MR) is 84.3 cm³/mol. The van der Waals surface area contributed by atoms with Gasteiger partial charge in [0.2, 0.25) is 0 Å². The van der Waals surface area contributed by atoms with Gasteiger partial charge < -0.3 is 15.4 Å². The van der Waals surface area contributed by atoms with Crippen LogP contribution >= 0.6 is 35.7 Å². The third-order valence-corrected chi connectivity index (χ3v) is 2.56. The summed E-state index contributed by atoms with van der Waals surface area (Å²) in [6.45, 7) is 2.66. The lowest BCUT2D eigenvalue weighted by atomic mass is 10.4. The first-order valence-corrected chi connectivity index (χ1v) is 6.67. The topological polar surface area (TPSA) is 45.7 Å². The maximum atomic E-state index is 4.97. The first-order chi connectivity index (χ1) is 7.35. The third-order valence-electron chi connectivity index (χ3n) is 1.86. The number of halogens is 1. The molecule has 0 saturated heterocycles. The average Bonchev–Trinajstić information content (AvgIpc) is 2.27. The predicted octanol–water partition coefficient (Wildman–Crippen LogP) is 1.56. The quantitative estimate of drug-likeness (QED) is 0.298. The van der Waals surface area contributed by atoms with Gasteiger partial charge in [0.15, 0.2) is 5.96 Å². The number of ether oxygens (including phenoxy) is 1. The molecule has 0 aliphatic carbocycles. The molecule has 0 heterocycles. The van der Waals surface area contributed by atoms with Crippen LogP contribution in [0.25, 0.3) is 0 Å². The van der Waals surface area contributed by atoms with E-state index in [1.165, 1.54) is 12.2 Å². The van der Waals surface area contributed by atoms with Crippen molar-refractivity contribution < 1.29 is 4.74 Å². The Morgan fingerprint density at radius 1 is 1.25 bits per heavy atom. The maximum absolute atomic E-state index is 4.97. The first kappa shape index (κ1) is 18.7. The van der Waals surface area contributed by atoms with Crippen LogP contribution in [0, 0.1) is 0 Å². The standard InChI is InChI=1S/C10H23N3OS.HI/c1-11-10(12-6-4-8-14-2)13-7-5-9-15-3;/h4-9H2,1-3H3,(H2,11,12,13);1H. The zero-order chi connectivity index (χ0) is 11.4. The smallest absolute Gasteiger partial charge is 0.190 e. The van der Waals surface area contributed by atoms with Crippen LogP contribution in [0.4, 0.5) is 0 Å². The Morgan fingerprint density at radius 2 is 1.88 bits per heavy atom. The van der Waals surface area contributed by atoms with Gasteiger partial charge in [0.1, 0.15) is 0 Å². The summed E-state index contributed by atoms with van der Waals surface area (Å²) >= 11 is 1.87. The SMILES string of the molecule is CN=C(NCCCOC)NCCCSC.I. The van der Waals surface area contributed by atoms with Gasteiger partial charge in [0.25, 0.3) is 0 Å². The summed E-state index contributed by atoms with van der Waals surface area (Å²) in [6.07, 6.45) is 4.29. The molecule has 98 valence electrons. The molecule has 0 aromatic carbocycles. The molecule has 6 heteroatoms. The highest BCUT2D eigenvalue weighted by molar-refractivity contribution is 14.0. The van der Waals surface area contributed by atoms with Gasteiger partial charge in [0.05, 0.1) is 0 Å². The Balaban J connectivity index is 0. The number of hydrogen-bond donors (Lipinski definition) is 2. The summed E-state index contributed by atoms with van der Waals surface area (Å²) in [5.41, 5.74) is 0. The van der Waals surface area contributed by atoms with Gasteiger partial charge in [-0.2, -0.15) is 11.8 Å². The molecular formula is C10H24IN3OS. The largest absolute Gasteiger partial charge is 0.385 e. The van der Waals surface area contributed by atoms with Crippen LogP contribution in [-0.4, -0.2) is 51.8 Å². The normalized spacial score (nSPS) is 10.8. The van der Waals surface area contributed by atoms with E-state index in [1.54, 1.807) is 14.2 Å². The highest BCUT2D eigenvalue weighted by Gasteiger charge is 1.95. The van der Waals surface area contributed by atoms with Gasteiger partial charge in [0, 0.05) is 33.9 Å².